The van der Waals surface area contributed by atoms with Crippen LogP contribution in [0.25, 0.3) is 0 Å². The van der Waals surface area contributed by atoms with Crippen molar-refractivity contribution in [3.8, 4) is 0 Å². The van der Waals surface area contributed by atoms with Gasteiger partial charge in [-0.15, -0.1) is 0 Å². The van der Waals surface area contributed by atoms with Crippen molar-refractivity contribution in [1.29, 1.82) is 0 Å². The molecule has 1 fully saturated rings. The molecule has 4 heteroatoms. The molecule has 2 nitrogen and oxygen atoms in total. The summed E-state index contributed by atoms with van der Waals surface area (Å²) >= 11 is 5.66. The summed E-state index contributed by atoms with van der Waals surface area (Å²) in [5.74, 6) is 0.522. The predicted molar refractivity (Wildman–Crippen MR) is 100 cm³/mol. The molecule has 1 aliphatic rings. The standard InChI is InChI=1S/C20H23FN2S/c1-15(18-9-10-18)23(14-17-5-3-2-4-6-17)20(24)22-13-16-7-11-19(21)12-8-16/h2-8,11-12,15,18H,9-10,13-14H2,1H3,(H,22,24)/t15-/m0/s1. The van der Waals surface area contributed by atoms with Crippen molar-refractivity contribution < 1.29 is 4.39 Å². The molecule has 0 amide bonds. The molecular formula is C20H23FN2S. The monoisotopic (exact) mass is 342 g/mol. The lowest BCUT2D eigenvalue weighted by Gasteiger charge is -2.32. The van der Waals surface area contributed by atoms with Crippen LogP contribution in [-0.2, 0) is 13.1 Å². The molecule has 1 saturated carbocycles. The van der Waals surface area contributed by atoms with Crippen LogP contribution in [0.1, 0.15) is 30.9 Å². The lowest BCUT2D eigenvalue weighted by Crippen LogP contribution is -2.45. The summed E-state index contributed by atoms with van der Waals surface area (Å²) in [6.07, 6.45) is 2.57. The van der Waals surface area contributed by atoms with Gasteiger partial charge < -0.3 is 10.2 Å². The average molecular weight is 342 g/mol. The average Bonchev–Trinajstić information content (AvgIpc) is 3.44. The molecule has 0 unspecified atom stereocenters. The molecule has 0 saturated heterocycles. The van der Waals surface area contributed by atoms with Gasteiger partial charge in [-0.05, 0) is 61.2 Å². The molecule has 3 rings (SSSR count). The van der Waals surface area contributed by atoms with Crippen molar-refractivity contribution in [3.63, 3.8) is 0 Å². The predicted octanol–water partition coefficient (Wildman–Crippen LogP) is 4.50. The highest BCUT2D eigenvalue weighted by Gasteiger charge is 2.33. The number of nitrogens with zero attached hydrogens (tertiary/aromatic N) is 1. The van der Waals surface area contributed by atoms with Crippen LogP contribution < -0.4 is 5.32 Å². The van der Waals surface area contributed by atoms with Crippen molar-refractivity contribution in [1.82, 2.24) is 10.2 Å². The third-order valence-electron chi connectivity index (χ3n) is 4.61. The first-order chi connectivity index (χ1) is 11.6. The van der Waals surface area contributed by atoms with E-state index in [2.05, 4.69) is 41.4 Å². The van der Waals surface area contributed by atoms with Gasteiger partial charge in [-0.2, -0.15) is 0 Å². The Balaban J connectivity index is 1.65. The van der Waals surface area contributed by atoms with Crippen molar-refractivity contribution >= 4 is 17.3 Å². The zero-order chi connectivity index (χ0) is 16.9. The Bertz CT molecular complexity index is 668. The Morgan fingerprint density at radius 3 is 2.42 bits per heavy atom. The van der Waals surface area contributed by atoms with Crippen molar-refractivity contribution in [2.24, 2.45) is 5.92 Å². The molecule has 2 aromatic carbocycles. The molecule has 0 radical (unpaired) electrons. The fraction of sp³-hybridized carbons (Fsp3) is 0.350. The van der Waals surface area contributed by atoms with Crippen LogP contribution in [0.5, 0.6) is 0 Å². The maximum atomic E-state index is 13.0. The van der Waals surface area contributed by atoms with Crippen LogP contribution in [-0.4, -0.2) is 16.1 Å². The van der Waals surface area contributed by atoms with Gasteiger partial charge in [0.05, 0.1) is 0 Å². The van der Waals surface area contributed by atoms with E-state index < -0.39 is 0 Å². The lowest BCUT2D eigenvalue weighted by atomic mass is 10.1. The third-order valence-corrected chi connectivity index (χ3v) is 4.99. The fourth-order valence-electron chi connectivity index (χ4n) is 2.90. The highest BCUT2D eigenvalue weighted by molar-refractivity contribution is 7.80. The molecule has 0 aromatic heterocycles. The van der Waals surface area contributed by atoms with E-state index in [1.165, 1.54) is 30.5 Å². The highest BCUT2D eigenvalue weighted by atomic mass is 32.1. The zero-order valence-corrected chi connectivity index (χ0v) is 14.7. The number of benzene rings is 2. The molecule has 0 heterocycles. The Morgan fingerprint density at radius 1 is 1.12 bits per heavy atom. The molecular weight excluding hydrogens is 319 g/mol. The number of hydrogen-bond acceptors (Lipinski definition) is 1. The summed E-state index contributed by atoms with van der Waals surface area (Å²) in [5, 5.41) is 4.10. The molecule has 1 atom stereocenters. The van der Waals surface area contributed by atoms with Gasteiger partial charge in [0.2, 0.25) is 0 Å². The fourth-order valence-corrected chi connectivity index (χ4v) is 3.20. The largest absolute Gasteiger partial charge is 0.358 e. The van der Waals surface area contributed by atoms with Crippen molar-refractivity contribution in [3.05, 3.63) is 71.5 Å². The Hall–Kier alpha value is -1.94. The Morgan fingerprint density at radius 2 is 1.79 bits per heavy atom. The topological polar surface area (TPSA) is 15.3 Å². The zero-order valence-electron chi connectivity index (χ0n) is 13.9. The van der Waals surface area contributed by atoms with Crippen LogP contribution in [0.2, 0.25) is 0 Å². The summed E-state index contributed by atoms with van der Waals surface area (Å²) in [7, 11) is 0. The van der Waals surface area contributed by atoms with Crippen LogP contribution in [0.15, 0.2) is 54.6 Å². The molecule has 24 heavy (non-hydrogen) atoms. The van der Waals surface area contributed by atoms with Gasteiger partial charge in [0, 0.05) is 19.1 Å². The number of rotatable bonds is 6. The molecule has 1 N–H and O–H groups in total. The second-order valence-electron chi connectivity index (χ2n) is 6.48. The quantitative estimate of drug-likeness (QED) is 0.778. The van der Waals surface area contributed by atoms with E-state index >= 15 is 0 Å². The number of nitrogens with one attached hydrogen (secondary N) is 1. The minimum atomic E-state index is -0.214. The molecule has 2 aromatic rings. The second kappa shape index (κ2) is 7.75. The molecule has 0 spiro atoms. The minimum Gasteiger partial charge on any atom is -0.358 e. The molecule has 1 aliphatic carbocycles. The minimum absolute atomic E-state index is 0.214. The maximum absolute atomic E-state index is 13.0. The lowest BCUT2D eigenvalue weighted by molar-refractivity contribution is 0.290. The Labute approximate surface area is 148 Å². The SMILES string of the molecule is C[C@@H](C1CC1)N(Cc1ccccc1)C(=S)NCc1ccc(F)cc1. The van der Waals surface area contributed by atoms with E-state index in [9.17, 15) is 4.39 Å². The number of halogens is 1. The number of thiocarbonyl (C=S) groups is 1. The van der Waals surface area contributed by atoms with Gasteiger partial charge in [0.15, 0.2) is 5.11 Å². The van der Waals surface area contributed by atoms with E-state index in [0.717, 1.165) is 23.1 Å². The van der Waals surface area contributed by atoms with Gasteiger partial charge in [-0.1, -0.05) is 42.5 Å². The van der Waals surface area contributed by atoms with E-state index in [0.29, 0.717) is 12.6 Å². The second-order valence-corrected chi connectivity index (χ2v) is 6.86. The summed E-state index contributed by atoms with van der Waals surface area (Å²) in [6, 6.07) is 17.4. The van der Waals surface area contributed by atoms with Crippen LogP contribution >= 0.6 is 12.2 Å². The van der Waals surface area contributed by atoms with Crippen molar-refractivity contribution in [2.75, 3.05) is 0 Å². The number of hydrogen-bond donors (Lipinski definition) is 1. The summed E-state index contributed by atoms with van der Waals surface area (Å²) in [6.45, 7) is 3.68. The van der Waals surface area contributed by atoms with E-state index in [1.54, 1.807) is 12.1 Å². The molecule has 126 valence electrons. The highest BCUT2D eigenvalue weighted by Crippen LogP contribution is 2.35. The molecule has 0 aliphatic heterocycles. The van der Waals surface area contributed by atoms with Gasteiger partial charge in [-0.3, -0.25) is 0 Å². The van der Waals surface area contributed by atoms with E-state index in [-0.39, 0.29) is 5.82 Å². The van der Waals surface area contributed by atoms with Gasteiger partial charge in [-0.25, -0.2) is 4.39 Å². The van der Waals surface area contributed by atoms with Gasteiger partial charge >= 0.3 is 0 Å². The van der Waals surface area contributed by atoms with E-state index in [4.69, 9.17) is 12.2 Å². The summed E-state index contributed by atoms with van der Waals surface area (Å²) in [4.78, 5) is 2.28. The maximum Gasteiger partial charge on any atom is 0.169 e. The molecule has 0 bridgehead atoms. The first-order valence-electron chi connectivity index (χ1n) is 8.46. The van der Waals surface area contributed by atoms with Crippen LogP contribution in [0.3, 0.4) is 0 Å². The first kappa shape index (κ1) is 16.9. The summed E-state index contributed by atoms with van der Waals surface area (Å²) in [5.41, 5.74) is 2.29. The van der Waals surface area contributed by atoms with Gasteiger partial charge in [0.1, 0.15) is 5.82 Å². The van der Waals surface area contributed by atoms with Crippen LogP contribution in [0, 0.1) is 11.7 Å². The normalized spacial score (nSPS) is 14.9. The van der Waals surface area contributed by atoms with E-state index in [1.807, 2.05) is 6.07 Å². The summed E-state index contributed by atoms with van der Waals surface area (Å²) < 4.78 is 13.0. The smallest absolute Gasteiger partial charge is 0.169 e. The van der Waals surface area contributed by atoms with Crippen molar-refractivity contribution in [2.45, 2.75) is 38.9 Å². The van der Waals surface area contributed by atoms with Crippen LogP contribution in [0.4, 0.5) is 4.39 Å². The van der Waals surface area contributed by atoms with Gasteiger partial charge in [0.25, 0.3) is 0 Å². The third kappa shape index (κ3) is 4.54. The first-order valence-corrected chi connectivity index (χ1v) is 8.87. The Kier molecular flexibility index (Phi) is 5.46.